The van der Waals surface area contributed by atoms with Crippen LogP contribution in [0.25, 0.3) is 0 Å². The van der Waals surface area contributed by atoms with E-state index in [0.29, 0.717) is 10.9 Å². The Balaban J connectivity index is 2.01. The van der Waals surface area contributed by atoms with Gasteiger partial charge in [0.05, 0.1) is 23.6 Å². The second-order valence-electron chi connectivity index (χ2n) is 5.44. The van der Waals surface area contributed by atoms with Gasteiger partial charge in [0.15, 0.2) is 6.61 Å². The number of ether oxygens (including phenoxy) is 2. The van der Waals surface area contributed by atoms with Crippen LogP contribution in [0.1, 0.15) is 15.2 Å². The number of esters is 1. The number of amides is 1. The standard InChI is InChI=1S/C16H17ClN2O6S2/c1-19(8-11-4-6-14(17)26-11)15(20)9-25-16(21)10-3-5-12(24-2)13(7-10)27(18,22)23/h3-7H,8-9H2,1-2H3,(H2,18,22,23). The molecule has 8 nitrogen and oxygen atoms in total. The lowest BCUT2D eigenvalue weighted by molar-refractivity contribution is -0.133. The van der Waals surface area contributed by atoms with E-state index in [1.54, 1.807) is 19.2 Å². The molecule has 0 aliphatic rings. The van der Waals surface area contributed by atoms with Gasteiger partial charge in [-0.2, -0.15) is 0 Å². The Bertz CT molecular complexity index is 958. The molecule has 2 rings (SSSR count). The topological polar surface area (TPSA) is 116 Å². The molecule has 1 heterocycles. The van der Waals surface area contributed by atoms with Crippen LogP contribution in [-0.4, -0.2) is 46.0 Å². The van der Waals surface area contributed by atoms with Crippen molar-refractivity contribution in [1.29, 1.82) is 0 Å². The van der Waals surface area contributed by atoms with Crippen molar-refractivity contribution in [2.75, 3.05) is 20.8 Å². The summed E-state index contributed by atoms with van der Waals surface area (Å²) in [4.78, 5) is 26.2. The summed E-state index contributed by atoms with van der Waals surface area (Å²) in [5.41, 5.74) is -0.0692. The number of thiophene rings is 1. The molecule has 1 amide bonds. The highest BCUT2D eigenvalue weighted by Crippen LogP contribution is 2.24. The van der Waals surface area contributed by atoms with Gasteiger partial charge in [-0.15, -0.1) is 11.3 Å². The summed E-state index contributed by atoms with van der Waals surface area (Å²) in [5, 5.41) is 5.11. The molecule has 0 spiro atoms. The summed E-state index contributed by atoms with van der Waals surface area (Å²) in [7, 11) is -1.26. The van der Waals surface area contributed by atoms with E-state index < -0.39 is 28.5 Å². The number of sulfonamides is 1. The van der Waals surface area contributed by atoms with Gasteiger partial charge in [0.2, 0.25) is 10.0 Å². The van der Waals surface area contributed by atoms with Crippen LogP contribution in [0.2, 0.25) is 4.34 Å². The highest BCUT2D eigenvalue weighted by Gasteiger charge is 2.20. The van der Waals surface area contributed by atoms with Crippen LogP contribution in [0, 0.1) is 0 Å². The minimum atomic E-state index is -4.10. The van der Waals surface area contributed by atoms with Crippen LogP contribution in [0.15, 0.2) is 35.2 Å². The molecule has 0 saturated heterocycles. The minimum absolute atomic E-state index is 0.000492. The predicted octanol–water partition coefficient (Wildman–Crippen LogP) is 1.87. The van der Waals surface area contributed by atoms with Crippen molar-refractivity contribution in [3.63, 3.8) is 0 Å². The van der Waals surface area contributed by atoms with Gasteiger partial charge in [-0.1, -0.05) is 11.6 Å². The molecular weight excluding hydrogens is 416 g/mol. The van der Waals surface area contributed by atoms with Crippen molar-refractivity contribution in [3.8, 4) is 5.75 Å². The molecular formula is C16H17ClN2O6S2. The molecule has 2 aromatic rings. The van der Waals surface area contributed by atoms with Gasteiger partial charge in [-0.05, 0) is 30.3 Å². The second-order valence-corrected chi connectivity index (χ2v) is 8.77. The zero-order valence-electron chi connectivity index (χ0n) is 14.5. The highest BCUT2D eigenvalue weighted by atomic mass is 35.5. The summed E-state index contributed by atoms with van der Waals surface area (Å²) in [6.07, 6.45) is 0. The lowest BCUT2D eigenvalue weighted by Crippen LogP contribution is -2.30. The van der Waals surface area contributed by atoms with Gasteiger partial charge < -0.3 is 14.4 Å². The molecule has 0 atom stereocenters. The van der Waals surface area contributed by atoms with Crippen LogP contribution in [0.5, 0.6) is 5.75 Å². The Morgan fingerprint density at radius 2 is 1.96 bits per heavy atom. The molecule has 146 valence electrons. The fourth-order valence-electron chi connectivity index (χ4n) is 2.11. The van der Waals surface area contributed by atoms with Crippen LogP contribution < -0.4 is 9.88 Å². The van der Waals surface area contributed by atoms with E-state index in [2.05, 4.69) is 0 Å². The largest absolute Gasteiger partial charge is 0.495 e. The van der Waals surface area contributed by atoms with E-state index >= 15 is 0 Å². The Morgan fingerprint density at radius 3 is 2.52 bits per heavy atom. The molecule has 1 aromatic carbocycles. The van der Waals surface area contributed by atoms with Gasteiger partial charge in [0.25, 0.3) is 5.91 Å². The van der Waals surface area contributed by atoms with Crippen molar-refractivity contribution in [2.45, 2.75) is 11.4 Å². The molecule has 0 aliphatic carbocycles. The number of nitrogens with two attached hydrogens (primary N) is 1. The van der Waals surface area contributed by atoms with E-state index in [4.69, 9.17) is 26.2 Å². The maximum Gasteiger partial charge on any atom is 0.338 e. The van der Waals surface area contributed by atoms with E-state index in [-0.39, 0.29) is 16.2 Å². The first kappa shape index (κ1) is 21.2. The average Bonchev–Trinajstić information content (AvgIpc) is 3.02. The number of likely N-dealkylation sites (N-methyl/N-ethyl adjacent to an activating group) is 1. The minimum Gasteiger partial charge on any atom is -0.495 e. The zero-order valence-corrected chi connectivity index (χ0v) is 16.9. The van der Waals surface area contributed by atoms with Gasteiger partial charge in [-0.3, -0.25) is 4.79 Å². The van der Waals surface area contributed by atoms with E-state index in [0.717, 1.165) is 10.9 Å². The number of primary sulfonamides is 1. The van der Waals surface area contributed by atoms with Gasteiger partial charge in [-0.25, -0.2) is 18.4 Å². The zero-order chi connectivity index (χ0) is 20.2. The molecule has 0 saturated carbocycles. The summed E-state index contributed by atoms with van der Waals surface area (Å²) < 4.78 is 33.7. The smallest absolute Gasteiger partial charge is 0.338 e. The number of benzene rings is 1. The summed E-state index contributed by atoms with van der Waals surface area (Å²) >= 11 is 7.19. The van der Waals surface area contributed by atoms with Gasteiger partial charge in [0, 0.05) is 11.9 Å². The third kappa shape index (κ3) is 5.67. The molecule has 0 radical (unpaired) electrons. The summed E-state index contributed by atoms with van der Waals surface area (Å²) in [6.45, 7) is -0.170. The fraction of sp³-hybridized carbons (Fsp3) is 0.250. The first-order chi connectivity index (χ1) is 12.6. The van der Waals surface area contributed by atoms with Crippen LogP contribution in [-0.2, 0) is 26.1 Å². The molecule has 0 fully saturated rings. The summed E-state index contributed by atoms with van der Waals surface area (Å²) in [6, 6.07) is 7.17. The molecule has 11 heteroatoms. The quantitative estimate of drug-likeness (QED) is 0.667. The Labute approximate surface area is 165 Å². The number of carbonyl (C=O) groups is 2. The Hall–Kier alpha value is -2.14. The molecule has 1 aromatic heterocycles. The van der Waals surface area contributed by atoms with Gasteiger partial charge in [0.1, 0.15) is 10.6 Å². The maximum atomic E-state index is 12.1. The lowest BCUT2D eigenvalue weighted by atomic mass is 10.2. The van der Waals surface area contributed by atoms with Crippen LogP contribution in [0.3, 0.4) is 0 Å². The molecule has 2 N–H and O–H groups in total. The van der Waals surface area contributed by atoms with Crippen LogP contribution >= 0.6 is 22.9 Å². The van der Waals surface area contributed by atoms with Crippen molar-refractivity contribution in [3.05, 3.63) is 45.1 Å². The maximum absolute atomic E-state index is 12.1. The number of carbonyl (C=O) groups excluding carboxylic acids is 2. The van der Waals surface area contributed by atoms with E-state index in [1.165, 1.54) is 35.5 Å². The Kier molecular flexibility index (Phi) is 6.82. The van der Waals surface area contributed by atoms with Crippen molar-refractivity contribution in [1.82, 2.24) is 4.90 Å². The second kappa shape index (κ2) is 8.70. The van der Waals surface area contributed by atoms with Crippen LogP contribution in [0.4, 0.5) is 0 Å². The predicted molar refractivity (Wildman–Crippen MR) is 100 cm³/mol. The van der Waals surface area contributed by atoms with E-state index in [9.17, 15) is 18.0 Å². The number of hydrogen-bond donors (Lipinski definition) is 1. The lowest BCUT2D eigenvalue weighted by Gasteiger charge is -2.16. The van der Waals surface area contributed by atoms with Crippen molar-refractivity contribution in [2.24, 2.45) is 5.14 Å². The number of halogens is 1. The number of nitrogens with zero attached hydrogens (tertiary/aromatic N) is 1. The molecule has 0 bridgehead atoms. The van der Waals surface area contributed by atoms with Crippen molar-refractivity contribution < 1.29 is 27.5 Å². The average molecular weight is 433 g/mol. The SMILES string of the molecule is COc1ccc(C(=O)OCC(=O)N(C)Cc2ccc(Cl)s2)cc1S(N)(=O)=O. The normalized spacial score (nSPS) is 11.1. The highest BCUT2D eigenvalue weighted by molar-refractivity contribution is 7.89. The molecule has 0 aliphatic heterocycles. The third-order valence-electron chi connectivity index (χ3n) is 3.48. The summed E-state index contributed by atoms with van der Waals surface area (Å²) in [5.74, 6) is -1.28. The number of methoxy groups -OCH3 is 1. The number of hydrogen-bond acceptors (Lipinski definition) is 7. The first-order valence-corrected chi connectivity index (χ1v) is 10.2. The molecule has 27 heavy (non-hydrogen) atoms. The first-order valence-electron chi connectivity index (χ1n) is 7.48. The monoisotopic (exact) mass is 432 g/mol. The number of rotatable bonds is 7. The van der Waals surface area contributed by atoms with E-state index in [1.807, 2.05) is 0 Å². The van der Waals surface area contributed by atoms with Gasteiger partial charge >= 0.3 is 5.97 Å². The molecule has 0 unspecified atom stereocenters. The Morgan fingerprint density at radius 1 is 1.26 bits per heavy atom. The third-order valence-corrected chi connectivity index (χ3v) is 5.63. The fourth-order valence-corrected chi connectivity index (χ4v) is 3.97. The van der Waals surface area contributed by atoms with Crippen molar-refractivity contribution >= 4 is 44.8 Å².